The summed E-state index contributed by atoms with van der Waals surface area (Å²) in [4.78, 5) is 4.56. The highest BCUT2D eigenvalue weighted by Crippen LogP contribution is 2.36. The van der Waals surface area contributed by atoms with Gasteiger partial charge in [-0.15, -0.1) is 0 Å². The zero-order chi connectivity index (χ0) is 14.5. The van der Waals surface area contributed by atoms with Crippen LogP contribution in [0.5, 0.6) is 0 Å². The number of aromatic nitrogens is 2. The lowest BCUT2D eigenvalue weighted by atomic mass is 9.80. The Morgan fingerprint density at radius 3 is 2.50 bits per heavy atom. The van der Waals surface area contributed by atoms with Gasteiger partial charge in [0, 0.05) is 5.92 Å². The molecule has 0 aromatic carbocycles. The predicted octanol–water partition coefficient (Wildman–Crippen LogP) is 4.02. The molecule has 1 aromatic rings. The van der Waals surface area contributed by atoms with Crippen LogP contribution in [0.4, 0.5) is 0 Å². The summed E-state index contributed by atoms with van der Waals surface area (Å²) in [6.07, 6.45) is 7.95. The molecular weight excluding hydrogens is 252 g/mol. The minimum Gasteiger partial charge on any atom is -0.393 e. The van der Waals surface area contributed by atoms with Crippen molar-refractivity contribution in [1.29, 1.82) is 0 Å². The summed E-state index contributed by atoms with van der Waals surface area (Å²) < 4.78 is 5.39. The maximum Gasteiger partial charge on any atom is 0.232 e. The average molecular weight is 280 g/mol. The maximum atomic E-state index is 9.75. The van der Waals surface area contributed by atoms with E-state index in [4.69, 9.17) is 4.52 Å². The van der Waals surface area contributed by atoms with Gasteiger partial charge in [0.15, 0.2) is 5.82 Å². The number of hydrogen-bond acceptors (Lipinski definition) is 4. The molecule has 114 valence electrons. The fraction of sp³-hybridized carbons (Fsp3) is 0.875. The number of nitrogens with zero attached hydrogens (tertiary/aromatic N) is 2. The average Bonchev–Trinajstić information content (AvgIpc) is 2.90. The highest BCUT2D eigenvalue weighted by molar-refractivity contribution is 5.01. The Bertz CT molecular complexity index is 395. The van der Waals surface area contributed by atoms with Gasteiger partial charge in [0.05, 0.1) is 12.0 Å². The third kappa shape index (κ3) is 3.60. The van der Waals surface area contributed by atoms with Crippen LogP contribution in [0.15, 0.2) is 4.52 Å². The number of rotatable bonds is 6. The summed E-state index contributed by atoms with van der Waals surface area (Å²) in [5.74, 6) is 2.77. The molecule has 1 aliphatic carbocycles. The van der Waals surface area contributed by atoms with Gasteiger partial charge in [-0.25, -0.2) is 0 Å². The normalized spacial score (nSPS) is 26.4. The molecule has 4 heteroatoms. The monoisotopic (exact) mass is 280 g/mol. The fourth-order valence-electron chi connectivity index (χ4n) is 3.40. The van der Waals surface area contributed by atoms with Crippen LogP contribution in [-0.4, -0.2) is 21.4 Å². The third-order valence-corrected chi connectivity index (χ3v) is 4.71. The van der Waals surface area contributed by atoms with Crippen LogP contribution < -0.4 is 0 Å². The van der Waals surface area contributed by atoms with E-state index in [1.165, 1.54) is 38.5 Å². The molecule has 1 fully saturated rings. The van der Waals surface area contributed by atoms with E-state index in [-0.39, 0.29) is 5.92 Å². The second-order valence-corrected chi connectivity index (χ2v) is 6.25. The van der Waals surface area contributed by atoms with Gasteiger partial charge in [-0.3, -0.25) is 0 Å². The molecule has 2 unspecified atom stereocenters. The lowest BCUT2D eigenvalue weighted by molar-refractivity contribution is 0.141. The number of aliphatic hydroxyl groups is 1. The third-order valence-electron chi connectivity index (χ3n) is 4.71. The standard InChI is InChI=1S/C16H28N2O2/c1-4-6-12-7-9-13(10-8-12)15-17-16(20-18-15)14(5-2)11(3)19/h11-14,19H,4-10H2,1-3H3. The second kappa shape index (κ2) is 7.21. The van der Waals surface area contributed by atoms with Gasteiger partial charge in [0.25, 0.3) is 0 Å². The molecule has 0 spiro atoms. The van der Waals surface area contributed by atoms with E-state index in [1.807, 2.05) is 6.92 Å². The van der Waals surface area contributed by atoms with Crippen LogP contribution in [0.25, 0.3) is 0 Å². The van der Waals surface area contributed by atoms with Crippen molar-refractivity contribution in [2.24, 2.45) is 5.92 Å². The van der Waals surface area contributed by atoms with E-state index in [0.717, 1.165) is 18.2 Å². The molecule has 2 rings (SSSR count). The number of aliphatic hydroxyl groups excluding tert-OH is 1. The van der Waals surface area contributed by atoms with Crippen molar-refractivity contribution in [2.75, 3.05) is 0 Å². The van der Waals surface area contributed by atoms with Crippen molar-refractivity contribution >= 4 is 0 Å². The molecule has 0 aliphatic heterocycles. The zero-order valence-corrected chi connectivity index (χ0v) is 13.0. The molecule has 1 saturated carbocycles. The summed E-state index contributed by atoms with van der Waals surface area (Å²) in [7, 11) is 0. The Hall–Kier alpha value is -0.900. The Balaban J connectivity index is 1.96. The van der Waals surface area contributed by atoms with E-state index in [9.17, 15) is 5.11 Å². The van der Waals surface area contributed by atoms with Crippen molar-refractivity contribution in [3.05, 3.63) is 11.7 Å². The van der Waals surface area contributed by atoms with Crippen molar-refractivity contribution in [1.82, 2.24) is 10.1 Å². The Morgan fingerprint density at radius 1 is 1.25 bits per heavy atom. The fourth-order valence-corrected chi connectivity index (χ4v) is 3.40. The van der Waals surface area contributed by atoms with Crippen LogP contribution in [-0.2, 0) is 0 Å². The second-order valence-electron chi connectivity index (χ2n) is 6.25. The Morgan fingerprint density at radius 2 is 1.95 bits per heavy atom. The maximum absolute atomic E-state index is 9.75. The van der Waals surface area contributed by atoms with E-state index in [2.05, 4.69) is 17.1 Å². The van der Waals surface area contributed by atoms with Gasteiger partial charge in [-0.2, -0.15) is 4.98 Å². The minimum absolute atomic E-state index is 0.0346. The molecule has 2 atom stereocenters. The first-order valence-electron chi connectivity index (χ1n) is 8.17. The van der Waals surface area contributed by atoms with E-state index in [1.54, 1.807) is 6.92 Å². The zero-order valence-electron chi connectivity index (χ0n) is 13.0. The van der Waals surface area contributed by atoms with E-state index < -0.39 is 6.10 Å². The van der Waals surface area contributed by atoms with Gasteiger partial charge in [0.1, 0.15) is 0 Å². The highest BCUT2D eigenvalue weighted by Gasteiger charge is 2.28. The molecule has 1 N–H and O–H groups in total. The van der Waals surface area contributed by atoms with Crippen molar-refractivity contribution in [3.63, 3.8) is 0 Å². The SMILES string of the molecule is CCCC1CCC(c2noc(C(CC)C(C)O)n2)CC1. The Kier molecular flexibility index (Phi) is 5.58. The van der Waals surface area contributed by atoms with Crippen LogP contribution in [0.3, 0.4) is 0 Å². The molecule has 0 radical (unpaired) electrons. The van der Waals surface area contributed by atoms with Gasteiger partial charge >= 0.3 is 0 Å². The van der Waals surface area contributed by atoms with Crippen molar-refractivity contribution < 1.29 is 9.63 Å². The minimum atomic E-state index is -0.436. The van der Waals surface area contributed by atoms with Gasteiger partial charge in [-0.1, -0.05) is 31.8 Å². The number of hydrogen-bond donors (Lipinski definition) is 1. The first-order valence-corrected chi connectivity index (χ1v) is 8.17. The molecular formula is C16H28N2O2. The molecule has 20 heavy (non-hydrogen) atoms. The van der Waals surface area contributed by atoms with Crippen LogP contribution in [0, 0.1) is 5.92 Å². The summed E-state index contributed by atoms with van der Waals surface area (Å²) in [5, 5.41) is 13.9. The Labute approximate surface area is 122 Å². The van der Waals surface area contributed by atoms with E-state index in [0.29, 0.717) is 11.8 Å². The summed E-state index contributed by atoms with van der Waals surface area (Å²) in [6, 6.07) is 0. The van der Waals surface area contributed by atoms with Crippen molar-refractivity contribution in [2.45, 2.75) is 83.7 Å². The first-order chi connectivity index (χ1) is 9.65. The molecule has 1 heterocycles. The lowest BCUT2D eigenvalue weighted by Gasteiger charge is -2.26. The predicted molar refractivity (Wildman–Crippen MR) is 78.6 cm³/mol. The van der Waals surface area contributed by atoms with Gasteiger partial charge in [-0.05, 0) is 44.9 Å². The molecule has 0 amide bonds. The summed E-state index contributed by atoms with van der Waals surface area (Å²) in [6.45, 7) is 6.09. The first kappa shape index (κ1) is 15.5. The van der Waals surface area contributed by atoms with Crippen LogP contribution in [0.2, 0.25) is 0 Å². The smallest absolute Gasteiger partial charge is 0.232 e. The van der Waals surface area contributed by atoms with Crippen LogP contribution >= 0.6 is 0 Å². The molecule has 0 bridgehead atoms. The van der Waals surface area contributed by atoms with Crippen molar-refractivity contribution in [3.8, 4) is 0 Å². The summed E-state index contributed by atoms with van der Waals surface area (Å²) >= 11 is 0. The topological polar surface area (TPSA) is 59.2 Å². The van der Waals surface area contributed by atoms with Crippen LogP contribution in [0.1, 0.15) is 89.3 Å². The lowest BCUT2D eigenvalue weighted by Crippen LogP contribution is -2.16. The molecule has 4 nitrogen and oxygen atoms in total. The van der Waals surface area contributed by atoms with Gasteiger partial charge in [0.2, 0.25) is 5.89 Å². The largest absolute Gasteiger partial charge is 0.393 e. The molecule has 1 aromatic heterocycles. The quantitative estimate of drug-likeness (QED) is 0.855. The highest BCUT2D eigenvalue weighted by atomic mass is 16.5. The molecule has 1 aliphatic rings. The summed E-state index contributed by atoms with van der Waals surface area (Å²) in [5.41, 5.74) is 0. The van der Waals surface area contributed by atoms with Gasteiger partial charge < -0.3 is 9.63 Å². The molecule has 0 saturated heterocycles. The van der Waals surface area contributed by atoms with E-state index >= 15 is 0 Å².